The van der Waals surface area contributed by atoms with Crippen LogP contribution in [0.25, 0.3) is 0 Å². The number of rotatable bonds is 5. The van der Waals surface area contributed by atoms with Gasteiger partial charge in [0, 0.05) is 17.8 Å². The molecular weight excluding hydrogens is 218 g/mol. The first-order valence-electron chi connectivity index (χ1n) is 5.49. The number of benzene rings is 1. The Balaban J connectivity index is 2.78. The molecule has 5 nitrogen and oxygen atoms in total. The molecule has 5 heteroatoms. The number of anilines is 1. The number of nitrogens with one attached hydrogen (secondary N) is 1. The van der Waals surface area contributed by atoms with Crippen LogP contribution in [0, 0.1) is 5.92 Å². The molecule has 0 aliphatic carbocycles. The topological polar surface area (TPSA) is 98.2 Å². The largest absolute Gasteiger partial charge is 0.366 e. The van der Waals surface area contributed by atoms with Crippen molar-refractivity contribution >= 4 is 17.5 Å². The Labute approximate surface area is 100 Å². The van der Waals surface area contributed by atoms with Gasteiger partial charge in [0.2, 0.25) is 11.8 Å². The van der Waals surface area contributed by atoms with E-state index in [-0.39, 0.29) is 11.8 Å². The van der Waals surface area contributed by atoms with Crippen LogP contribution in [-0.4, -0.2) is 18.4 Å². The molecule has 17 heavy (non-hydrogen) atoms. The van der Waals surface area contributed by atoms with E-state index in [1.807, 2.05) is 6.92 Å². The molecule has 0 radical (unpaired) electrons. The Morgan fingerprint density at radius 3 is 2.65 bits per heavy atom. The molecule has 0 spiro atoms. The lowest BCUT2D eigenvalue weighted by Crippen LogP contribution is -2.28. The minimum atomic E-state index is -0.521. The quantitative estimate of drug-likeness (QED) is 0.700. The zero-order chi connectivity index (χ0) is 12.8. The molecule has 92 valence electrons. The first-order chi connectivity index (χ1) is 8.08. The first-order valence-corrected chi connectivity index (χ1v) is 5.49. The maximum atomic E-state index is 11.7. The van der Waals surface area contributed by atoms with Gasteiger partial charge in [0.25, 0.3) is 0 Å². The van der Waals surface area contributed by atoms with E-state index in [2.05, 4.69) is 5.32 Å². The molecule has 0 heterocycles. The van der Waals surface area contributed by atoms with Crippen molar-refractivity contribution in [3.8, 4) is 0 Å². The summed E-state index contributed by atoms with van der Waals surface area (Å²) in [5.41, 5.74) is 11.6. The summed E-state index contributed by atoms with van der Waals surface area (Å²) < 4.78 is 0. The maximum absolute atomic E-state index is 11.7. The lowest BCUT2D eigenvalue weighted by molar-refractivity contribution is -0.119. The van der Waals surface area contributed by atoms with E-state index in [1.54, 1.807) is 24.3 Å². The molecule has 0 aromatic heterocycles. The second kappa shape index (κ2) is 6.00. The molecule has 0 aliphatic heterocycles. The van der Waals surface area contributed by atoms with E-state index in [0.717, 1.165) is 0 Å². The highest BCUT2D eigenvalue weighted by Gasteiger charge is 2.14. The lowest BCUT2D eigenvalue weighted by atomic mass is 10.1. The molecule has 0 saturated heterocycles. The molecular formula is C12H17N3O2. The van der Waals surface area contributed by atoms with Crippen molar-refractivity contribution in [2.24, 2.45) is 17.4 Å². The Hall–Kier alpha value is -1.88. The van der Waals surface area contributed by atoms with Crippen molar-refractivity contribution in [2.75, 3.05) is 11.9 Å². The third-order valence-electron chi connectivity index (χ3n) is 2.56. The van der Waals surface area contributed by atoms with Gasteiger partial charge in [-0.1, -0.05) is 13.0 Å². The zero-order valence-electron chi connectivity index (χ0n) is 9.77. The number of hydrogen-bond acceptors (Lipinski definition) is 3. The van der Waals surface area contributed by atoms with Gasteiger partial charge in [-0.3, -0.25) is 9.59 Å². The van der Waals surface area contributed by atoms with Crippen LogP contribution in [0.5, 0.6) is 0 Å². The summed E-state index contributed by atoms with van der Waals surface area (Å²) >= 11 is 0. The van der Waals surface area contributed by atoms with Crippen molar-refractivity contribution in [1.82, 2.24) is 0 Å². The molecule has 0 bridgehead atoms. The van der Waals surface area contributed by atoms with Crippen LogP contribution >= 0.6 is 0 Å². The van der Waals surface area contributed by atoms with Crippen LogP contribution in [0.3, 0.4) is 0 Å². The second-order valence-corrected chi connectivity index (χ2v) is 3.78. The van der Waals surface area contributed by atoms with Gasteiger partial charge in [-0.15, -0.1) is 0 Å². The summed E-state index contributed by atoms with van der Waals surface area (Å²) in [5, 5.41) is 2.71. The fraction of sp³-hybridized carbons (Fsp3) is 0.333. The molecule has 5 N–H and O–H groups in total. The normalized spacial score (nSPS) is 11.9. The van der Waals surface area contributed by atoms with E-state index in [4.69, 9.17) is 11.5 Å². The Bertz CT molecular complexity index is 414. The molecule has 1 aromatic carbocycles. The highest BCUT2D eigenvalue weighted by Crippen LogP contribution is 2.12. The van der Waals surface area contributed by atoms with E-state index < -0.39 is 5.91 Å². The lowest BCUT2D eigenvalue weighted by Gasteiger charge is -2.12. The third kappa shape index (κ3) is 3.57. The summed E-state index contributed by atoms with van der Waals surface area (Å²) in [6.07, 6.45) is 0.678. The molecule has 0 saturated carbocycles. The predicted octanol–water partition coefficient (Wildman–Crippen LogP) is 0.709. The monoisotopic (exact) mass is 235 g/mol. The molecule has 1 rings (SSSR count). The van der Waals surface area contributed by atoms with Crippen LogP contribution in [-0.2, 0) is 4.79 Å². The fourth-order valence-electron chi connectivity index (χ4n) is 1.45. The molecule has 1 aromatic rings. The number of primary amides is 1. The minimum absolute atomic E-state index is 0.142. The Kier molecular flexibility index (Phi) is 4.66. The van der Waals surface area contributed by atoms with Gasteiger partial charge in [0.05, 0.1) is 5.92 Å². The number of amides is 2. The summed E-state index contributed by atoms with van der Waals surface area (Å²) in [6, 6.07) is 6.51. The van der Waals surface area contributed by atoms with E-state index >= 15 is 0 Å². The van der Waals surface area contributed by atoms with Crippen LogP contribution in [0.15, 0.2) is 24.3 Å². The SMILES string of the molecule is CCC(CN)C(=O)Nc1cccc(C(N)=O)c1. The maximum Gasteiger partial charge on any atom is 0.248 e. The molecule has 1 unspecified atom stereocenters. The third-order valence-corrected chi connectivity index (χ3v) is 2.56. The summed E-state index contributed by atoms with van der Waals surface area (Å²) in [5.74, 6) is -0.879. The van der Waals surface area contributed by atoms with E-state index in [9.17, 15) is 9.59 Å². The van der Waals surface area contributed by atoms with Gasteiger partial charge >= 0.3 is 0 Å². The molecule has 0 fully saturated rings. The van der Waals surface area contributed by atoms with Crippen molar-refractivity contribution in [3.05, 3.63) is 29.8 Å². The van der Waals surface area contributed by atoms with Crippen LogP contribution in [0.1, 0.15) is 23.7 Å². The van der Waals surface area contributed by atoms with Gasteiger partial charge in [0.15, 0.2) is 0 Å². The van der Waals surface area contributed by atoms with Crippen molar-refractivity contribution in [3.63, 3.8) is 0 Å². The van der Waals surface area contributed by atoms with Gasteiger partial charge in [-0.2, -0.15) is 0 Å². The summed E-state index contributed by atoms with van der Waals surface area (Å²) in [4.78, 5) is 22.7. The van der Waals surface area contributed by atoms with Crippen molar-refractivity contribution < 1.29 is 9.59 Å². The number of hydrogen-bond donors (Lipinski definition) is 3. The first kappa shape index (κ1) is 13.2. The summed E-state index contributed by atoms with van der Waals surface area (Å²) in [7, 11) is 0. The molecule has 2 amide bonds. The van der Waals surface area contributed by atoms with E-state index in [0.29, 0.717) is 24.2 Å². The predicted molar refractivity (Wildman–Crippen MR) is 66.4 cm³/mol. The zero-order valence-corrected chi connectivity index (χ0v) is 9.77. The average molecular weight is 235 g/mol. The van der Waals surface area contributed by atoms with Crippen LogP contribution < -0.4 is 16.8 Å². The second-order valence-electron chi connectivity index (χ2n) is 3.78. The highest BCUT2D eigenvalue weighted by molar-refractivity contribution is 5.96. The smallest absolute Gasteiger partial charge is 0.248 e. The number of carbonyl (C=O) groups is 2. The van der Waals surface area contributed by atoms with Crippen LogP contribution in [0.2, 0.25) is 0 Å². The standard InChI is InChI=1S/C12H17N3O2/c1-2-8(7-13)12(17)15-10-5-3-4-9(6-10)11(14)16/h3-6,8H,2,7,13H2,1H3,(H2,14,16)(H,15,17). The van der Waals surface area contributed by atoms with Gasteiger partial charge in [-0.25, -0.2) is 0 Å². The molecule has 0 aliphatic rings. The Morgan fingerprint density at radius 2 is 2.12 bits per heavy atom. The number of nitrogens with two attached hydrogens (primary N) is 2. The van der Waals surface area contributed by atoms with Gasteiger partial charge < -0.3 is 16.8 Å². The molecule has 1 atom stereocenters. The van der Waals surface area contributed by atoms with Gasteiger partial charge in [-0.05, 0) is 24.6 Å². The van der Waals surface area contributed by atoms with Crippen LogP contribution in [0.4, 0.5) is 5.69 Å². The highest BCUT2D eigenvalue weighted by atomic mass is 16.2. The Morgan fingerprint density at radius 1 is 1.41 bits per heavy atom. The number of carbonyl (C=O) groups excluding carboxylic acids is 2. The van der Waals surface area contributed by atoms with E-state index in [1.165, 1.54) is 0 Å². The minimum Gasteiger partial charge on any atom is -0.366 e. The van der Waals surface area contributed by atoms with Gasteiger partial charge in [0.1, 0.15) is 0 Å². The average Bonchev–Trinajstić information content (AvgIpc) is 2.30. The van der Waals surface area contributed by atoms with Crippen molar-refractivity contribution in [2.45, 2.75) is 13.3 Å². The summed E-state index contributed by atoms with van der Waals surface area (Å²) in [6.45, 7) is 2.20. The van der Waals surface area contributed by atoms with Crippen molar-refractivity contribution in [1.29, 1.82) is 0 Å². The fourth-order valence-corrected chi connectivity index (χ4v) is 1.45.